The van der Waals surface area contributed by atoms with Gasteiger partial charge in [-0.1, -0.05) is 23.7 Å². The zero-order valence-electron chi connectivity index (χ0n) is 14.8. The van der Waals surface area contributed by atoms with Crippen LogP contribution in [0.5, 0.6) is 17.2 Å². The number of hydrogen-bond donors (Lipinski definition) is 2. The molecule has 0 unspecified atom stereocenters. The van der Waals surface area contributed by atoms with Crippen LogP contribution in [0.4, 0.5) is 5.69 Å². The minimum atomic E-state index is -0.0667. The van der Waals surface area contributed by atoms with Crippen molar-refractivity contribution in [3.05, 3.63) is 65.2 Å². The molecule has 0 saturated carbocycles. The van der Waals surface area contributed by atoms with Gasteiger partial charge < -0.3 is 19.4 Å². The molecule has 0 atom stereocenters. The summed E-state index contributed by atoms with van der Waals surface area (Å²) in [6.07, 6.45) is 1.44. The number of oxazole rings is 1. The van der Waals surface area contributed by atoms with E-state index in [0.717, 1.165) is 0 Å². The van der Waals surface area contributed by atoms with Gasteiger partial charge >= 0.3 is 0 Å². The van der Waals surface area contributed by atoms with Crippen LogP contribution in [-0.2, 0) is 0 Å². The normalized spacial score (nSPS) is 11.4. The number of ether oxygens (including phenoxy) is 1. The summed E-state index contributed by atoms with van der Waals surface area (Å²) in [5.41, 5.74) is 2.69. The Bertz CT molecular complexity index is 1170. The first-order valence-corrected chi connectivity index (χ1v) is 8.72. The van der Waals surface area contributed by atoms with Crippen molar-refractivity contribution < 1.29 is 19.4 Å². The molecule has 3 aromatic carbocycles. The first kappa shape index (κ1) is 17.9. The van der Waals surface area contributed by atoms with Gasteiger partial charge in [0.2, 0.25) is 5.89 Å². The molecule has 0 radical (unpaired) electrons. The average Bonchev–Trinajstić information content (AvgIpc) is 3.12. The molecule has 0 aliphatic carbocycles. The number of aromatic hydroxyl groups is 2. The largest absolute Gasteiger partial charge is 0.507 e. The van der Waals surface area contributed by atoms with Crippen LogP contribution in [0.15, 0.2) is 64.0 Å². The Morgan fingerprint density at radius 1 is 1.11 bits per heavy atom. The topological polar surface area (TPSA) is 88.1 Å². The fourth-order valence-electron chi connectivity index (χ4n) is 2.76. The van der Waals surface area contributed by atoms with Crippen LogP contribution in [0.3, 0.4) is 0 Å². The smallest absolute Gasteiger partial charge is 0.231 e. The van der Waals surface area contributed by atoms with E-state index in [2.05, 4.69) is 9.98 Å². The summed E-state index contributed by atoms with van der Waals surface area (Å²) in [7, 11) is 1.44. The van der Waals surface area contributed by atoms with Crippen LogP contribution in [-0.4, -0.2) is 28.5 Å². The summed E-state index contributed by atoms with van der Waals surface area (Å²) in [5, 5.41) is 21.0. The van der Waals surface area contributed by atoms with Gasteiger partial charge in [0.1, 0.15) is 11.3 Å². The Balaban J connectivity index is 1.65. The monoisotopic (exact) mass is 394 g/mol. The lowest BCUT2D eigenvalue weighted by Gasteiger charge is -2.06. The van der Waals surface area contributed by atoms with Gasteiger partial charge in [-0.15, -0.1) is 0 Å². The van der Waals surface area contributed by atoms with E-state index in [4.69, 9.17) is 20.8 Å². The maximum atomic E-state index is 10.4. The summed E-state index contributed by atoms with van der Waals surface area (Å²) in [5.74, 6) is 0.492. The molecule has 1 heterocycles. The Morgan fingerprint density at radius 3 is 2.68 bits per heavy atom. The Labute approximate surface area is 165 Å². The van der Waals surface area contributed by atoms with Crippen LogP contribution >= 0.6 is 11.6 Å². The Hall–Kier alpha value is -3.51. The number of benzene rings is 3. The molecule has 4 aromatic rings. The van der Waals surface area contributed by atoms with E-state index in [1.165, 1.54) is 25.5 Å². The van der Waals surface area contributed by atoms with Crippen molar-refractivity contribution in [2.75, 3.05) is 7.11 Å². The van der Waals surface area contributed by atoms with E-state index in [9.17, 15) is 10.2 Å². The third-order valence-corrected chi connectivity index (χ3v) is 4.37. The van der Waals surface area contributed by atoms with E-state index >= 15 is 0 Å². The predicted octanol–water partition coefficient (Wildman–Crippen LogP) is 5.32. The molecule has 4 rings (SSSR count). The Morgan fingerprint density at radius 2 is 1.93 bits per heavy atom. The molecule has 0 amide bonds. The summed E-state index contributed by atoms with van der Waals surface area (Å²) >= 11 is 6.02. The van der Waals surface area contributed by atoms with Gasteiger partial charge in [0.15, 0.2) is 17.1 Å². The van der Waals surface area contributed by atoms with E-state index in [0.29, 0.717) is 38.8 Å². The maximum absolute atomic E-state index is 10.4. The zero-order valence-corrected chi connectivity index (χ0v) is 15.5. The van der Waals surface area contributed by atoms with Gasteiger partial charge in [-0.2, -0.15) is 0 Å². The highest BCUT2D eigenvalue weighted by molar-refractivity contribution is 6.31. The molecule has 1 aromatic heterocycles. The lowest BCUT2D eigenvalue weighted by Crippen LogP contribution is -1.89. The first-order valence-electron chi connectivity index (χ1n) is 8.34. The van der Waals surface area contributed by atoms with Gasteiger partial charge in [0.05, 0.1) is 18.4 Å². The highest BCUT2D eigenvalue weighted by Crippen LogP contribution is 2.35. The number of halogens is 1. The molecule has 0 spiro atoms. The minimum absolute atomic E-state index is 0.0193. The number of methoxy groups -OCH3 is 1. The standard InChI is InChI=1S/C21H15ClN2O4/c1-27-19-9-13(22)8-12(20(19)26)11-23-14-6-7-15(17(25)10-14)21-24-16-4-2-3-5-18(16)28-21/h2-11,25-26H,1H3. The van der Waals surface area contributed by atoms with Crippen molar-refractivity contribution in [3.8, 4) is 28.7 Å². The molecular formula is C21H15ClN2O4. The predicted molar refractivity (Wildman–Crippen MR) is 108 cm³/mol. The zero-order chi connectivity index (χ0) is 19.7. The van der Waals surface area contributed by atoms with Gasteiger partial charge in [-0.05, 0) is 30.3 Å². The van der Waals surface area contributed by atoms with Crippen LogP contribution < -0.4 is 4.74 Å². The molecule has 0 bridgehead atoms. The molecular weight excluding hydrogens is 380 g/mol. The minimum Gasteiger partial charge on any atom is -0.507 e. The fraction of sp³-hybridized carbons (Fsp3) is 0.0476. The summed E-state index contributed by atoms with van der Waals surface area (Å²) in [6, 6.07) is 15.3. The van der Waals surface area contributed by atoms with Crippen molar-refractivity contribution in [3.63, 3.8) is 0 Å². The number of fused-ring (bicyclic) bond motifs is 1. The van der Waals surface area contributed by atoms with Gasteiger partial charge in [0.25, 0.3) is 0 Å². The van der Waals surface area contributed by atoms with Gasteiger partial charge in [-0.25, -0.2) is 4.98 Å². The van der Waals surface area contributed by atoms with E-state index < -0.39 is 0 Å². The molecule has 0 saturated heterocycles. The fourth-order valence-corrected chi connectivity index (χ4v) is 2.98. The summed E-state index contributed by atoms with van der Waals surface area (Å²) < 4.78 is 10.8. The highest BCUT2D eigenvalue weighted by Gasteiger charge is 2.13. The third-order valence-electron chi connectivity index (χ3n) is 4.15. The van der Waals surface area contributed by atoms with E-state index in [1.807, 2.05) is 24.3 Å². The number of aliphatic imine (C=N–C) groups is 1. The van der Waals surface area contributed by atoms with Crippen molar-refractivity contribution in [2.24, 2.45) is 4.99 Å². The van der Waals surface area contributed by atoms with Crippen molar-refractivity contribution in [2.45, 2.75) is 0 Å². The lowest BCUT2D eigenvalue weighted by atomic mass is 10.1. The molecule has 0 aliphatic rings. The summed E-state index contributed by atoms with van der Waals surface area (Å²) in [4.78, 5) is 8.66. The Kier molecular flexibility index (Phi) is 4.63. The van der Waals surface area contributed by atoms with E-state index in [1.54, 1.807) is 18.2 Å². The average molecular weight is 395 g/mol. The molecule has 7 heteroatoms. The SMILES string of the molecule is COc1cc(Cl)cc(C=Nc2ccc(-c3nc4ccccc4o3)c(O)c2)c1O. The highest BCUT2D eigenvalue weighted by atomic mass is 35.5. The van der Waals surface area contributed by atoms with Gasteiger partial charge in [0, 0.05) is 28.9 Å². The molecule has 2 N–H and O–H groups in total. The second-order valence-corrected chi connectivity index (χ2v) is 6.43. The molecule has 0 aliphatic heterocycles. The number of phenolic OH excluding ortho intramolecular Hbond substituents is 2. The molecule has 140 valence electrons. The second kappa shape index (κ2) is 7.25. The molecule has 6 nitrogen and oxygen atoms in total. The number of nitrogens with zero attached hydrogens (tertiary/aromatic N) is 2. The number of para-hydroxylation sites is 2. The second-order valence-electron chi connectivity index (χ2n) is 5.99. The summed E-state index contributed by atoms with van der Waals surface area (Å²) in [6.45, 7) is 0. The first-order chi connectivity index (χ1) is 13.5. The van der Waals surface area contributed by atoms with Crippen LogP contribution in [0.25, 0.3) is 22.6 Å². The van der Waals surface area contributed by atoms with Crippen molar-refractivity contribution >= 4 is 34.6 Å². The third kappa shape index (κ3) is 3.37. The molecule has 0 fully saturated rings. The number of aromatic nitrogens is 1. The number of hydrogen-bond acceptors (Lipinski definition) is 6. The number of phenols is 2. The lowest BCUT2D eigenvalue weighted by molar-refractivity contribution is 0.373. The van der Waals surface area contributed by atoms with Gasteiger partial charge in [-0.3, -0.25) is 4.99 Å². The van der Waals surface area contributed by atoms with Crippen LogP contribution in [0.2, 0.25) is 5.02 Å². The van der Waals surface area contributed by atoms with Crippen LogP contribution in [0, 0.1) is 0 Å². The number of rotatable bonds is 4. The van der Waals surface area contributed by atoms with Crippen molar-refractivity contribution in [1.29, 1.82) is 0 Å². The maximum Gasteiger partial charge on any atom is 0.231 e. The van der Waals surface area contributed by atoms with Crippen molar-refractivity contribution in [1.82, 2.24) is 4.98 Å². The van der Waals surface area contributed by atoms with E-state index in [-0.39, 0.29) is 17.2 Å². The van der Waals surface area contributed by atoms with Crippen LogP contribution in [0.1, 0.15) is 5.56 Å². The quantitative estimate of drug-likeness (QED) is 0.457. The molecule has 28 heavy (non-hydrogen) atoms.